The van der Waals surface area contributed by atoms with Gasteiger partial charge in [-0.05, 0) is 159 Å². The molecular formula is C71H73ClN2O2P2Ru+. The molecule has 0 heterocycles. The molecular weight excluding hydrogens is 1110 g/mol. The first-order chi connectivity index (χ1) is 36.9. The van der Waals surface area contributed by atoms with Crippen molar-refractivity contribution in [3.8, 4) is 22.6 Å². The van der Waals surface area contributed by atoms with Crippen molar-refractivity contribution in [2.45, 2.75) is 80.8 Å². The van der Waals surface area contributed by atoms with Crippen LogP contribution in [-0.2, 0) is 25.0 Å². The second-order valence-electron chi connectivity index (χ2n) is 21.4. The van der Waals surface area contributed by atoms with E-state index in [0.717, 1.165) is 22.6 Å². The van der Waals surface area contributed by atoms with Gasteiger partial charge in [0.2, 0.25) is 0 Å². The van der Waals surface area contributed by atoms with Crippen molar-refractivity contribution in [1.29, 1.82) is 0 Å². The van der Waals surface area contributed by atoms with Crippen LogP contribution in [0.3, 0.4) is 0 Å². The van der Waals surface area contributed by atoms with Crippen LogP contribution in [0.1, 0.15) is 69.5 Å². The summed E-state index contributed by atoms with van der Waals surface area (Å²) in [5.41, 5.74) is 27.5. The summed E-state index contributed by atoms with van der Waals surface area (Å²) in [5, 5.41) is 13.6. The molecule has 10 rings (SSSR count). The van der Waals surface area contributed by atoms with Crippen LogP contribution in [0.5, 0.6) is 11.5 Å². The Balaban J connectivity index is 0.000000305. The van der Waals surface area contributed by atoms with E-state index in [1.54, 1.807) is 20.3 Å². The van der Waals surface area contributed by atoms with E-state index >= 15 is 0 Å². The molecule has 0 saturated heterocycles. The normalized spacial score (nSPS) is 12.4. The Kier molecular flexibility index (Phi) is 20.0. The molecule has 0 fully saturated rings. The van der Waals surface area contributed by atoms with E-state index in [1.165, 1.54) is 109 Å². The third kappa shape index (κ3) is 13.1. The molecule has 1 radical (unpaired) electrons. The average Bonchev–Trinajstić information content (AvgIpc) is 3.52. The van der Waals surface area contributed by atoms with Gasteiger partial charge in [0, 0.05) is 11.8 Å². The molecule has 2 unspecified atom stereocenters. The minimum atomic E-state index is -0.937. The Morgan fingerprint density at radius 1 is 0.443 bits per heavy atom. The molecule has 0 bridgehead atoms. The van der Waals surface area contributed by atoms with Crippen molar-refractivity contribution >= 4 is 69.2 Å². The maximum absolute atomic E-state index is 6.83. The van der Waals surface area contributed by atoms with Gasteiger partial charge in [-0.25, -0.2) is 0 Å². The fourth-order valence-electron chi connectivity index (χ4n) is 11.3. The van der Waals surface area contributed by atoms with Crippen LogP contribution in [-0.4, -0.2) is 20.3 Å². The Morgan fingerprint density at radius 3 is 1.10 bits per heavy atom. The maximum Gasteiger partial charge on any atom is 3.00 e. The van der Waals surface area contributed by atoms with Crippen molar-refractivity contribution in [2.75, 3.05) is 14.2 Å². The van der Waals surface area contributed by atoms with Gasteiger partial charge in [0.05, 0.1) is 19.8 Å². The topological polar surface area (TPSA) is 70.5 Å². The zero-order valence-corrected chi connectivity index (χ0v) is 51.9. The monoisotopic (exact) mass is 1180 g/mol. The molecule has 8 heteroatoms. The van der Waals surface area contributed by atoms with E-state index in [2.05, 4.69) is 221 Å². The minimum absolute atomic E-state index is 0. The molecule has 0 aliphatic rings. The van der Waals surface area contributed by atoms with Crippen LogP contribution in [0.25, 0.3) is 32.7 Å². The van der Waals surface area contributed by atoms with Crippen molar-refractivity contribution in [3.63, 3.8) is 0 Å². The Morgan fingerprint density at radius 2 is 0.785 bits per heavy atom. The van der Waals surface area contributed by atoms with Crippen LogP contribution >= 0.6 is 15.8 Å². The largest absolute Gasteiger partial charge is 3.00 e. The predicted octanol–water partition coefficient (Wildman–Crippen LogP) is 11.3. The van der Waals surface area contributed by atoms with Gasteiger partial charge in [-0.2, -0.15) is 12.1 Å². The summed E-state index contributed by atoms with van der Waals surface area (Å²) in [6, 6.07) is 72.9. The standard InChI is InChI=1S/C52H48P2.C19H25N2O2.ClH.Ru/c1-33-21-34(2)26-43(25-33)53(44-27-35(3)22-36(4)28-44)49-19-17-41-13-9-11-15-47(41)51(49)52-48-16-12-10-14-42(48)18-20-50(52)54(45-29-37(5)23-38(6)30-45)46-31-39(7)24-40(8)32-46;1-13(2)18(20)19(21,14-5-9-16(22-3)10-6-14)15-7-11-17(23-4)12-8-15;;/h9-32H,1-8H3;5-7,9-13,18H,20-21H2,1-4H3;1H;/q;-1;;+3/p-1. The van der Waals surface area contributed by atoms with E-state index in [4.69, 9.17) is 20.9 Å². The first-order valence-electron chi connectivity index (χ1n) is 26.7. The molecule has 10 aromatic rings. The van der Waals surface area contributed by atoms with Gasteiger partial charge >= 0.3 is 19.5 Å². The van der Waals surface area contributed by atoms with Gasteiger partial charge in [-0.3, -0.25) is 0 Å². The Bertz CT molecular complexity index is 3330. The second kappa shape index (κ2) is 26.1. The van der Waals surface area contributed by atoms with Crippen LogP contribution in [0.2, 0.25) is 0 Å². The number of halogens is 1. The second-order valence-corrected chi connectivity index (χ2v) is 25.8. The number of nitrogens with two attached hydrogens (primary N) is 2. The van der Waals surface area contributed by atoms with Crippen LogP contribution in [0.4, 0.5) is 0 Å². The molecule has 10 aromatic carbocycles. The molecule has 0 aromatic heterocycles. The van der Waals surface area contributed by atoms with Crippen molar-refractivity contribution in [3.05, 3.63) is 250 Å². The fourth-order valence-corrected chi connectivity index (χ4v) is 17.0. The first kappa shape index (κ1) is 60.6. The molecule has 4 nitrogen and oxygen atoms in total. The number of benzene rings is 10. The predicted molar refractivity (Wildman–Crippen MR) is 335 cm³/mol. The molecule has 2 atom stereocenters. The molecule has 403 valence electrons. The van der Waals surface area contributed by atoms with E-state index in [9.17, 15) is 0 Å². The van der Waals surface area contributed by atoms with Gasteiger partial charge in [-0.1, -0.05) is 216 Å². The van der Waals surface area contributed by atoms with Crippen LogP contribution in [0.15, 0.2) is 188 Å². The minimum Gasteiger partial charge on any atom is -1.00 e. The SMILES string of the molecule is COc1c[c-]c(C(N)(c2ccc(OC)cc2)C(N)C(C)C)cc1.Cc1cc(C)cc(P(c2cc(C)cc(C)c2)c2ccc3ccccc3c2-c2c(P(c3cc(C)cc(C)c3)c3cc(C)cc(C)c3)ccc3ccccc23)c1.[Cl-].[Ru+3]. The average molecular weight is 1180 g/mol. The smallest absolute Gasteiger partial charge is 1.00 e. The van der Waals surface area contributed by atoms with Gasteiger partial charge < -0.3 is 33.3 Å². The van der Waals surface area contributed by atoms with Crippen LogP contribution < -0.4 is 65.2 Å². The molecule has 79 heavy (non-hydrogen) atoms. The van der Waals surface area contributed by atoms with E-state index in [1.807, 2.05) is 36.4 Å². The maximum atomic E-state index is 6.83. The number of aryl methyl sites for hydroxylation is 8. The Labute approximate surface area is 492 Å². The number of hydrogen-bond acceptors (Lipinski definition) is 4. The summed E-state index contributed by atoms with van der Waals surface area (Å²) in [5.74, 6) is 1.73. The molecule has 0 spiro atoms. The zero-order valence-electron chi connectivity index (χ0n) is 47.6. The quantitative estimate of drug-likeness (QED) is 0.0686. The van der Waals surface area contributed by atoms with Crippen molar-refractivity contribution in [1.82, 2.24) is 0 Å². The molecule has 0 aliphatic carbocycles. The van der Waals surface area contributed by atoms with Gasteiger partial charge in [0.1, 0.15) is 5.75 Å². The van der Waals surface area contributed by atoms with Gasteiger partial charge in [0.25, 0.3) is 0 Å². The molecule has 0 aliphatic heterocycles. The van der Waals surface area contributed by atoms with E-state index < -0.39 is 21.4 Å². The summed E-state index contributed by atoms with van der Waals surface area (Å²) >= 11 is 0. The summed E-state index contributed by atoms with van der Waals surface area (Å²) < 4.78 is 10.4. The summed E-state index contributed by atoms with van der Waals surface area (Å²) in [6.07, 6.45) is 0. The van der Waals surface area contributed by atoms with E-state index in [-0.39, 0.29) is 43.8 Å². The number of methoxy groups -OCH3 is 2. The number of ether oxygens (including phenoxy) is 2. The third-order valence-corrected chi connectivity index (χ3v) is 19.5. The number of hydrogen-bond donors (Lipinski definition) is 2. The summed E-state index contributed by atoms with van der Waals surface area (Å²) in [4.78, 5) is 0. The number of fused-ring (bicyclic) bond motifs is 2. The molecule has 4 N–H and O–H groups in total. The summed E-state index contributed by atoms with van der Waals surface area (Å²) in [7, 11) is 1.39. The van der Waals surface area contributed by atoms with E-state index in [0.29, 0.717) is 0 Å². The summed E-state index contributed by atoms with van der Waals surface area (Å²) in [6.45, 7) is 22.1. The van der Waals surface area contributed by atoms with Crippen molar-refractivity contribution < 1.29 is 41.4 Å². The van der Waals surface area contributed by atoms with Gasteiger partial charge in [0.15, 0.2) is 0 Å². The Hall–Kier alpha value is -5.99. The number of rotatable bonds is 13. The first-order valence-corrected chi connectivity index (χ1v) is 29.4. The van der Waals surface area contributed by atoms with Crippen molar-refractivity contribution in [2.24, 2.45) is 17.4 Å². The molecule has 0 saturated carbocycles. The fraction of sp³-hybridized carbons (Fsp3) is 0.211. The van der Waals surface area contributed by atoms with Crippen LogP contribution in [0, 0.1) is 67.4 Å². The third-order valence-electron chi connectivity index (χ3n) is 14.7. The van der Waals surface area contributed by atoms with Gasteiger partial charge in [-0.15, -0.1) is 17.7 Å². The zero-order chi connectivity index (χ0) is 54.7. The molecule has 0 amide bonds.